The second-order valence-corrected chi connectivity index (χ2v) is 3.34. The molecule has 1 aromatic rings. The Morgan fingerprint density at radius 1 is 1.67 bits per heavy atom. The summed E-state index contributed by atoms with van der Waals surface area (Å²) >= 11 is 0. The van der Waals surface area contributed by atoms with E-state index in [1.807, 2.05) is 0 Å². The summed E-state index contributed by atoms with van der Waals surface area (Å²) in [6.45, 7) is 5.60. The van der Waals surface area contributed by atoms with E-state index in [0.29, 0.717) is 12.1 Å². The third kappa shape index (κ3) is 2.41. The molecule has 0 saturated heterocycles. The average Bonchev–Trinajstić information content (AvgIpc) is 2.27. The molecule has 4 heteroatoms. The van der Waals surface area contributed by atoms with Crippen molar-refractivity contribution in [3.8, 4) is 0 Å². The van der Waals surface area contributed by atoms with Gasteiger partial charge in [0.05, 0.1) is 0 Å². The van der Waals surface area contributed by atoms with Crippen molar-refractivity contribution in [3.63, 3.8) is 0 Å². The van der Waals surface area contributed by atoms with E-state index in [-0.39, 0.29) is 0 Å². The zero-order valence-electron chi connectivity index (χ0n) is 8.60. The highest BCUT2D eigenvalue weighted by atomic mass is 16.4. The van der Waals surface area contributed by atoms with Crippen molar-refractivity contribution in [1.29, 1.82) is 0 Å². The number of carboxylic acid groups (broad SMARTS) is 1. The number of rotatable bonds is 5. The Balaban J connectivity index is 3.01. The Kier molecular flexibility index (Phi) is 3.57. The molecule has 1 rings (SSSR count). The fraction of sp³-hybridized carbons (Fsp3) is 0.273. The van der Waals surface area contributed by atoms with Crippen molar-refractivity contribution in [1.82, 2.24) is 10.3 Å². The third-order valence-electron chi connectivity index (χ3n) is 2.29. The molecule has 4 nitrogen and oxygen atoms in total. The molecule has 0 bridgehead atoms. The minimum atomic E-state index is -1.10. The Morgan fingerprint density at radius 3 is 2.73 bits per heavy atom. The van der Waals surface area contributed by atoms with Crippen LogP contribution in [0.2, 0.25) is 0 Å². The number of hydrogen-bond acceptors (Lipinski definition) is 3. The fourth-order valence-electron chi connectivity index (χ4n) is 1.26. The Morgan fingerprint density at radius 2 is 2.27 bits per heavy atom. The molecule has 1 atom stereocenters. The van der Waals surface area contributed by atoms with Crippen LogP contribution >= 0.6 is 0 Å². The number of aliphatic carboxylic acids is 1. The van der Waals surface area contributed by atoms with Gasteiger partial charge in [0, 0.05) is 18.9 Å². The number of pyridine rings is 1. The zero-order valence-corrected chi connectivity index (χ0v) is 8.60. The van der Waals surface area contributed by atoms with Crippen molar-refractivity contribution < 1.29 is 9.90 Å². The van der Waals surface area contributed by atoms with Crippen LogP contribution < -0.4 is 5.32 Å². The lowest BCUT2D eigenvalue weighted by atomic mass is 9.93. The molecule has 2 N–H and O–H groups in total. The van der Waals surface area contributed by atoms with Gasteiger partial charge in [0.1, 0.15) is 5.54 Å². The van der Waals surface area contributed by atoms with Gasteiger partial charge < -0.3 is 5.11 Å². The summed E-state index contributed by atoms with van der Waals surface area (Å²) in [6.07, 6.45) is 4.78. The second kappa shape index (κ2) is 4.70. The van der Waals surface area contributed by atoms with Crippen molar-refractivity contribution in [2.75, 3.05) is 6.54 Å². The summed E-state index contributed by atoms with van der Waals surface area (Å²) in [5.74, 6) is -0.921. The van der Waals surface area contributed by atoms with Gasteiger partial charge in [0.2, 0.25) is 0 Å². The summed E-state index contributed by atoms with van der Waals surface area (Å²) in [6, 6.07) is 3.37. The van der Waals surface area contributed by atoms with Crippen LogP contribution in [-0.2, 0) is 10.3 Å². The zero-order chi connectivity index (χ0) is 11.3. The molecule has 0 aliphatic heterocycles. The molecule has 0 saturated carbocycles. The number of aromatic nitrogens is 1. The highest BCUT2D eigenvalue weighted by molar-refractivity contribution is 5.80. The van der Waals surface area contributed by atoms with E-state index < -0.39 is 11.5 Å². The number of nitrogens with zero attached hydrogens (tertiary/aromatic N) is 1. The minimum Gasteiger partial charge on any atom is -0.480 e. The van der Waals surface area contributed by atoms with Gasteiger partial charge in [-0.15, -0.1) is 6.58 Å². The first-order valence-electron chi connectivity index (χ1n) is 4.61. The van der Waals surface area contributed by atoms with Crippen molar-refractivity contribution in [2.45, 2.75) is 12.5 Å². The number of carboxylic acids is 1. The lowest BCUT2D eigenvalue weighted by Gasteiger charge is -2.26. The Bertz CT molecular complexity index is 351. The van der Waals surface area contributed by atoms with Gasteiger partial charge in [-0.3, -0.25) is 10.3 Å². The Hall–Kier alpha value is -1.68. The normalized spacial score (nSPS) is 14.2. The van der Waals surface area contributed by atoms with Gasteiger partial charge >= 0.3 is 5.97 Å². The molecular formula is C11H14N2O2. The van der Waals surface area contributed by atoms with Gasteiger partial charge in [0.15, 0.2) is 0 Å². The molecular weight excluding hydrogens is 192 g/mol. The predicted octanol–water partition coefficient (Wildman–Crippen LogP) is 1.16. The topological polar surface area (TPSA) is 62.2 Å². The lowest BCUT2D eigenvalue weighted by Crippen LogP contribution is -2.46. The van der Waals surface area contributed by atoms with E-state index in [2.05, 4.69) is 16.9 Å². The lowest BCUT2D eigenvalue weighted by molar-refractivity contribution is -0.144. The molecule has 15 heavy (non-hydrogen) atoms. The van der Waals surface area contributed by atoms with Crippen LogP contribution in [0.25, 0.3) is 0 Å². The molecule has 1 aromatic heterocycles. The first-order chi connectivity index (χ1) is 7.11. The van der Waals surface area contributed by atoms with E-state index in [4.69, 9.17) is 0 Å². The quantitative estimate of drug-likeness (QED) is 0.709. The van der Waals surface area contributed by atoms with Crippen LogP contribution in [0.15, 0.2) is 37.2 Å². The largest absolute Gasteiger partial charge is 0.480 e. The molecule has 0 spiro atoms. The second-order valence-electron chi connectivity index (χ2n) is 3.34. The molecule has 0 aromatic carbocycles. The van der Waals surface area contributed by atoms with Gasteiger partial charge in [-0.2, -0.15) is 0 Å². The van der Waals surface area contributed by atoms with Gasteiger partial charge in [-0.05, 0) is 24.6 Å². The number of carbonyl (C=O) groups is 1. The maximum absolute atomic E-state index is 11.2. The molecule has 1 unspecified atom stereocenters. The summed E-state index contributed by atoms with van der Waals surface area (Å²) < 4.78 is 0. The molecule has 0 radical (unpaired) electrons. The van der Waals surface area contributed by atoms with Gasteiger partial charge in [0.25, 0.3) is 0 Å². The fourth-order valence-corrected chi connectivity index (χ4v) is 1.26. The maximum Gasteiger partial charge on any atom is 0.328 e. The number of nitrogens with one attached hydrogen (secondary N) is 1. The van der Waals surface area contributed by atoms with Crippen molar-refractivity contribution in [3.05, 3.63) is 42.7 Å². The highest BCUT2D eigenvalue weighted by Gasteiger charge is 2.33. The SMILES string of the molecule is C=CCNC(C)(C(=O)O)c1ccncc1. The average molecular weight is 206 g/mol. The van der Waals surface area contributed by atoms with Gasteiger partial charge in [-0.25, -0.2) is 4.79 Å². The van der Waals surface area contributed by atoms with E-state index in [1.165, 1.54) is 0 Å². The van der Waals surface area contributed by atoms with Gasteiger partial charge in [-0.1, -0.05) is 6.08 Å². The molecule has 0 aliphatic carbocycles. The van der Waals surface area contributed by atoms with E-state index in [0.717, 1.165) is 0 Å². The Labute approximate surface area is 88.7 Å². The van der Waals surface area contributed by atoms with E-state index in [1.54, 1.807) is 37.5 Å². The third-order valence-corrected chi connectivity index (χ3v) is 2.29. The predicted molar refractivity (Wildman–Crippen MR) is 57.4 cm³/mol. The number of hydrogen-bond donors (Lipinski definition) is 2. The van der Waals surface area contributed by atoms with Crippen LogP contribution in [0.5, 0.6) is 0 Å². The summed E-state index contributed by atoms with van der Waals surface area (Å²) in [5, 5.41) is 12.1. The maximum atomic E-state index is 11.2. The summed E-state index contributed by atoms with van der Waals surface area (Å²) in [5.41, 5.74) is -0.427. The first kappa shape index (κ1) is 11.4. The smallest absolute Gasteiger partial charge is 0.328 e. The summed E-state index contributed by atoms with van der Waals surface area (Å²) in [7, 11) is 0. The molecule has 80 valence electrons. The molecule has 0 aliphatic rings. The first-order valence-corrected chi connectivity index (χ1v) is 4.61. The summed E-state index contributed by atoms with van der Waals surface area (Å²) in [4.78, 5) is 15.1. The van der Waals surface area contributed by atoms with Crippen LogP contribution in [0, 0.1) is 0 Å². The monoisotopic (exact) mass is 206 g/mol. The van der Waals surface area contributed by atoms with Crippen molar-refractivity contribution in [2.24, 2.45) is 0 Å². The van der Waals surface area contributed by atoms with E-state index in [9.17, 15) is 9.90 Å². The molecule has 0 amide bonds. The van der Waals surface area contributed by atoms with Crippen molar-refractivity contribution >= 4 is 5.97 Å². The standard InChI is InChI=1S/C11H14N2O2/c1-3-6-13-11(2,10(14)15)9-4-7-12-8-5-9/h3-5,7-8,13H,1,6H2,2H3,(H,14,15). The van der Waals surface area contributed by atoms with E-state index >= 15 is 0 Å². The molecule has 0 fully saturated rings. The minimum absolute atomic E-state index is 0.436. The van der Waals surface area contributed by atoms with Crippen LogP contribution in [0.4, 0.5) is 0 Å². The van der Waals surface area contributed by atoms with Crippen LogP contribution in [-0.4, -0.2) is 22.6 Å². The van der Waals surface area contributed by atoms with Crippen LogP contribution in [0.3, 0.4) is 0 Å². The molecule has 1 heterocycles. The van der Waals surface area contributed by atoms with Crippen LogP contribution in [0.1, 0.15) is 12.5 Å². The highest BCUT2D eigenvalue weighted by Crippen LogP contribution is 2.19.